The van der Waals surface area contributed by atoms with E-state index in [4.69, 9.17) is 16.7 Å². The molecule has 0 aliphatic rings. The van der Waals surface area contributed by atoms with Crippen LogP contribution in [0.5, 0.6) is 0 Å². The smallest absolute Gasteiger partial charge is 0.273 e. The van der Waals surface area contributed by atoms with Crippen molar-refractivity contribution in [2.75, 3.05) is 6.54 Å². The van der Waals surface area contributed by atoms with Crippen molar-refractivity contribution < 1.29 is 10.0 Å². The molecule has 5 nitrogen and oxygen atoms in total. The van der Waals surface area contributed by atoms with Gasteiger partial charge in [-0.3, -0.25) is 10.1 Å². The van der Waals surface area contributed by atoms with Crippen molar-refractivity contribution in [1.29, 1.82) is 0 Å². The molecule has 0 saturated heterocycles. The van der Waals surface area contributed by atoms with Crippen molar-refractivity contribution in [3.05, 3.63) is 38.9 Å². The van der Waals surface area contributed by atoms with Gasteiger partial charge in [-0.25, -0.2) is 0 Å². The SMILES string of the molecule is C[C@@H](O)CNCc1cc(Cl)ccc1[N+](=O)[O-]. The van der Waals surface area contributed by atoms with E-state index in [1.165, 1.54) is 12.1 Å². The van der Waals surface area contributed by atoms with E-state index in [1.807, 2.05) is 0 Å². The van der Waals surface area contributed by atoms with Crippen LogP contribution >= 0.6 is 11.6 Å². The minimum atomic E-state index is -0.488. The van der Waals surface area contributed by atoms with Crippen LogP contribution in [0.15, 0.2) is 18.2 Å². The van der Waals surface area contributed by atoms with Crippen molar-refractivity contribution in [2.24, 2.45) is 0 Å². The molecule has 1 aromatic carbocycles. The average molecular weight is 245 g/mol. The summed E-state index contributed by atoms with van der Waals surface area (Å²) in [6.45, 7) is 2.32. The van der Waals surface area contributed by atoms with Gasteiger partial charge in [0, 0.05) is 29.7 Å². The van der Waals surface area contributed by atoms with Crippen LogP contribution in [0.25, 0.3) is 0 Å². The standard InChI is InChI=1S/C10H13ClN2O3/c1-7(14)5-12-6-8-4-9(11)2-3-10(8)13(15)16/h2-4,7,12,14H,5-6H2,1H3/t7-/m1/s1. The van der Waals surface area contributed by atoms with E-state index >= 15 is 0 Å². The van der Waals surface area contributed by atoms with Gasteiger partial charge in [-0.15, -0.1) is 0 Å². The molecular formula is C10H13ClN2O3. The van der Waals surface area contributed by atoms with E-state index in [-0.39, 0.29) is 5.69 Å². The maximum absolute atomic E-state index is 10.7. The molecule has 0 amide bonds. The molecular weight excluding hydrogens is 232 g/mol. The zero-order chi connectivity index (χ0) is 12.1. The Hall–Kier alpha value is -1.17. The van der Waals surface area contributed by atoms with Gasteiger partial charge < -0.3 is 10.4 Å². The van der Waals surface area contributed by atoms with Crippen LogP contribution in [0.2, 0.25) is 5.02 Å². The maximum Gasteiger partial charge on any atom is 0.273 e. The number of nitro benzene ring substituents is 1. The van der Waals surface area contributed by atoms with Gasteiger partial charge in [0.1, 0.15) is 0 Å². The summed E-state index contributed by atoms with van der Waals surface area (Å²) in [5.41, 5.74) is 0.542. The van der Waals surface area contributed by atoms with Crippen LogP contribution in [0.1, 0.15) is 12.5 Å². The number of nitrogens with one attached hydrogen (secondary N) is 1. The molecule has 0 radical (unpaired) electrons. The van der Waals surface area contributed by atoms with E-state index in [0.29, 0.717) is 23.7 Å². The van der Waals surface area contributed by atoms with E-state index in [0.717, 1.165) is 0 Å². The molecule has 2 N–H and O–H groups in total. The molecule has 6 heteroatoms. The Bertz CT molecular complexity index is 382. The van der Waals surface area contributed by atoms with Gasteiger partial charge in [0.05, 0.1) is 11.0 Å². The maximum atomic E-state index is 10.7. The van der Waals surface area contributed by atoms with E-state index in [2.05, 4.69) is 5.32 Å². The van der Waals surface area contributed by atoms with Gasteiger partial charge in [0.15, 0.2) is 0 Å². The summed E-state index contributed by atoms with van der Waals surface area (Å²) in [7, 11) is 0. The molecule has 1 aromatic rings. The fraction of sp³-hybridized carbons (Fsp3) is 0.400. The highest BCUT2D eigenvalue weighted by atomic mass is 35.5. The lowest BCUT2D eigenvalue weighted by molar-refractivity contribution is -0.385. The van der Waals surface area contributed by atoms with Crippen LogP contribution in [-0.2, 0) is 6.54 Å². The fourth-order valence-electron chi connectivity index (χ4n) is 1.29. The molecule has 0 fully saturated rings. The lowest BCUT2D eigenvalue weighted by atomic mass is 10.2. The van der Waals surface area contributed by atoms with Crippen LogP contribution in [0, 0.1) is 10.1 Å². The third-order valence-corrected chi connectivity index (χ3v) is 2.23. The molecule has 0 saturated carbocycles. The Balaban J connectivity index is 2.76. The summed E-state index contributed by atoms with van der Waals surface area (Å²) in [6, 6.07) is 4.41. The van der Waals surface area contributed by atoms with Crippen molar-refractivity contribution in [2.45, 2.75) is 19.6 Å². The third kappa shape index (κ3) is 3.77. The minimum Gasteiger partial charge on any atom is -0.392 e. The Labute approximate surface area is 98.2 Å². The van der Waals surface area contributed by atoms with Crippen LogP contribution in [0.4, 0.5) is 5.69 Å². The first kappa shape index (κ1) is 12.9. The summed E-state index contributed by atoms with van der Waals surface area (Å²) < 4.78 is 0. The number of nitrogens with zero attached hydrogens (tertiary/aromatic N) is 1. The Kier molecular flexibility index (Phi) is 4.67. The lowest BCUT2D eigenvalue weighted by Crippen LogP contribution is -2.24. The number of hydrogen-bond acceptors (Lipinski definition) is 4. The van der Waals surface area contributed by atoms with Gasteiger partial charge in [-0.1, -0.05) is 11.6 Å². The molecule has 0 aromatic heterocycles. The minimum absolute atomic E-state index is 0.0301. The quantitative estimate of drug-likeness (QED) is 0.611. The molecule has 0 bridgehead atoms. The first-order chi connectivity index (χ1) is 7.50. The fourth-order valence-corrected chi connectivity index (χ4v) is 1.48. The summed E-state index contributed by atoms with van der Waals surface area (Å²) >= 11 is 5.76. The van der Waals surface area contributed by atoms with Crippen LogP contribution in [0.3, 0.4) is 0 Å². The summed E-state index contributed by atoms with van der Waals surface area (Å²) in [5.74, 6) is 0. The molecule has 0 aliphatic heterocycles. The number of nitro groups is 1. The molecule has 88 valence electrons. The van der Waals surface area contributed by atoms with Gasteiger partial charge in [-0.2, -0.15) is 0 Å². The van der Waals surface area contributed by atoms with E-state index < -0.39 is 11.0 Å². The highest BCUT2D eigenvalue weighted by Crippen LogP contribution is 2.22. The lowest BCUT2D eigenvalue weighted by Gasteiger charge is -2.07. The summed E-state index contributed by atoms with van der Waals surface area (Å²) in [5, 5.41) is 23.1. The van der Waals surface area contributed by atoms with Gasteiger partial charge in [-0.05, 0) is 19.1 Å². The van der Waals surface area contributed by atoms with E-state index in [9.17, 15) is 10.1 Å². The predicted molar refractivity (Wildman–Crippen MR) is 61.5 cm³/mol. The molecule has 1 atom stereocenters. The first-order valence-corrected chi connectivity index (χ1v) is 5.20. The third-order valence-electron chi connectivity index (χ3n) is 1.99. The van der Waals surface area contributed by atoms with E-state index in [1.54, 1.807) is 13.0 Å². The number of hydrogen-bond donors (Lipinski definition) is 2. The van der Waals surface area contributed by atoms with Crippen molar-refractivity contribution in [3.8, 4) is 0 Å². The molecule has 0 unspecified atom stereocenters. The second-order valence-corrected chi connectivity index (χ2v) is 3.95. The first-order valence-electron chi connectivity index (χ1n) is 4.82. The van der Waals surface area contributed by atoms with Crippen molar-refractivity contribution in [3.63, 3.8) is 0 Å². The van der Waals surface area contributed by atoms with Gasteiger partial charge in [0.2, 0.25) is 0 Å². The molecule has 0 aliphatic carbocycles. The highest BCUT2D eigenvalue weighted by Gasteiger charge is 2.13. The molecule has 0 spiro atoms. The zero-order valence-corrected chi connectivity index (χ0v) is 9.57. The average Bonchev–Trinajstić information content (AvgIpc) is 2.16. The monoisotopic (exact) mass is 244 g/mol. The Morgan fingerprint density at radius 3 is 2.88 bits per heavy atom. The van der Waals surface area contributed by atoms with Gasteiger partial charge in [0.25, 0.3) is 5.69 Å². The number of aliphatic hydroxyl groups is 1. The molecule has 16 heavy (non-hydrogen) atoms. The zero-order valence-electron chi connectivity index (χ0n) is 8.81. The predicted octanol–water partition coefficient (Wildman–Crippen LogP) is 1.72. The number of aliphatic hydroxyl groups excluding tert-OH is 1. The summed E-state index contributed by atoms with van der Waals surface area (Å²) in [6.07, 6.45) is -0.488. The second kappa shape index (κ2) is 5.79. The normalized spacial score (nSPS) is 12.4. The largest absolute Gasteiger partial charge is 0.392 e. The summed E-state index contributed by atoms with van der Waals surface area (Å²) in [4.78, 5) is 10.3. The van der Waals surface area contributed by atoms with Crippen LogP contribution < -0.4 is 5.32 Å². The van der Waals surface area contributed by atoms with Gasteiger partial charge >= 0.3 is 0 Å². The second-order valence-electron chi connectivity index (χ2n) is 3.51. The van der Waals surface area contributed by atoms with Crippen LogP contribution in [-0.4, -0.2) is 22.7 Å². The molecule has 0 heterocycles. The molecule has 1 rings (SSSR count). The van der Waals surface area contributed by atoms with Crippen molar-refractivity contribution in [1.82, 2.24) is 5.32 Å². The Morgan fingerprint density at radius 1 is 1.62 bits per heavy atom. The highest BCUT2D eigenvalue weighted by molar-refractivity contribution is 6.30. The Morgan fingerprint density at radius 2 is 2.31 bits per heavy atom. The topological polar surface area (TPSA) is 75.4 Å². The van der Waals surface area contributed by atoms with Crippen molar-refractivity contribution >= 4 is 17.3 Å². The number of benzene rings is 1. The number of rotatable bonds is 5. The number of halogens is 1.